The first kappa shape index (κ1) is 17.9. The second-order valence-electron chi connectivity index (χ2n) is 5.85. The molecule has 0 radical (unpaired) electrons. The maximum atomic E-state index is 13.8. The van der Waals surface area contributed by atoms with E-state index in [-0.39, 0.29) is 17.7 Å². The van der Waals surface area contributed by atoms with Crippen molar-refractivity contribution in [1.29, 1.82) is 0 Å². The minimum Gasteiger partial charge on any atom is -0.494 e. The summed E-state index contributed by atoms with van der Waals surface area (Å²) in [6.07, 6.45) is 0. The fourth-order valence-corrected chi connectivity index (χ4v) is 2.51. The summed E-state index contributed by atoms with van der Waals surface area (Å²) in [4.78, 5) is 12.4. The van der Waals surface area contributed by atoms with Crippen molar-refractivity contribution in [3.8, 4) is 5.75 Å². The third-order valence-corrected chi connectivity index (χ3v) is 4.17. The summed E-state index contributed by atoms with van der Waals surface area (Å²) in [6.45, 7) is 3.59. The number of halogens is 1. The van der Waals surface area contributed by atoms with E-state index < -0.39 is 17.8 Å². The normalized spacial score (nSPS) is 14.5. The molecule has 0 aliphatic rings. The van der Waals surface area contributed by atoms with Crippen LogP contribution in [0.3, 0.4) is 0 Å². The van der Waals surface area contributed by atoms with Crippen molar-refractivity contribution in [3.63, 3.8) is 0 Å². The molecule has 0 aliphatic carbocycles. The van der Waals surface area contributed by atoms with E-state index >= 15 is 0 Å². The van der Waals surface area contributed by atoms with Gasteiger partial charge in [0, 0.05) is 6.04 Å². The maximum Gasteiger partial charge on any atom is 0.225 e. The Morgan fingerprint density at radius 1 is 1.12 bits per heavy atom. The standard InChI is InChI=1S/C19H23FN2O2/c1-12(18(21)14-7-5-4-6-8-14)19(23)22-13(2)15-9-10-17(24-3)16(20)11-15/h4-13,18H,21H2,1-3H3,(H,22,23). The van der Waals surface area contributed by atoms with E-state index in [2.05, 4.69) is 5.32 Å². The van der Waals surface area contributed by atoms with E-state index in [0.29, 0.717) is 5.56 Å². The van der Waals surface area contributed by atoms with Gasteiger partial charge in [-0.2, -0.15) is 0 Å². The summed E-state index contributed by atoms with van der Waals surface area (Å²) < 4.78 is 18.7. The van der Waals surface area contributed by atoms with Crippen LogP contribution in [0.15, 0.2) is 48.5 Å². The predicted octanol–water partition coefficient (Wildman–Crippen LogP) is 3.35. The Labute approximate surface area is 141 Å². The summed E-state index contributed by atoms with van der Waals surface area (Å²) >= 11 is 0. The highest BCUT2D eigenvalue weighted by Crippen LogP contribution is 2.23. The van der Waals surface area contributed by atoms with E-state index in [1.165, 1.54) is 13.2 Å². The molecule has 2 rings (SSSR count). The average molecular weight is 330 g/mol. The van der Waals surface area contributed by atoms with Crippen molar-refractivity contribution in [3.05, 3.63) is 65.5 Å². The second kappa shape index (κ2) is 7.93. The van der Waals surface area contributed by atoms with E-state index in [4.69, 9.17) is 10.5 Å². The number of ether oxygens (including phenoxy) is 1. The molecular weight excluding hydrogens is 307 g/mol. The van der Waals surface area contributed by atoms with E-state index in [1.807, 2.05) is 30.3 Å². The van der Waals surface area contributed by atoms with Crippen LogP contribution >= 0.6 is 0 Å². The largest absolute Gasteiger partial charge is 0.494 e. The first-order valence-corrected chi connectivity index (χ1v) is 7.88. The molecule has 128 valence electrons. The summed E-state index contributed by atoms with van der Waals surface area (Å²) in [5.74, 6) is -0.852. The molecule has 2 aromatic carbocycles. The number of benzene rings is 2. The number of methoxy groups -OCH3 is 1. The highest BCUT2D eigenvalue weighted by atomic mass is 19.1. The lowest BCUT2D eigenvalue weighted by molar-refractivity contribution is -0.125. The summed E-state index contributed by atoms with van der Waals surface area (Å²) in [5, 5.41) is 2.88. The third-order valence-electron chi connectivity index (χ3n) is 4.17. The van der Waals surface area contributed by atoms with Crippen molar-refractivity contribution >= 4 is 5.91 Å². The molecule has 0 saturated carbocycles. The quantitative estimate of drug-likeness (QED) is 0.854. The van der Waals surface area contributed by atoms with Crippen molar-refractivity contribution < 1.29 is 13.9 Å². The maximum absolute atomic E-state index is 13.8. The van der Waals surface area contributed by atoms with Crippen LogP contribution in [0.25, 0.3) is 0 Å². The zero-order valence-corrected chi connectivity index (χ0v) is 14.1. The van der Waals surface area contributed by atoms with Crippen molar-refractivity contribution in [2.24, 2.45) is 11.7 Å². The molecule has 4 nitrogen and oxygen atoms in total. The van der Waals surface area contributed by atoms with Crippen LogP contribution in [0, 0.1) is 11.7 Å². The minimum atomic E-state index is -0.454. The van der Waals surface area contributed by atoms with Gasteiger partial charge in [-0.25, -0.2) is 4.39 Å². The molecule has 0 bridgehead atoms. The number of carbonyl (C=O) groups is 1. The molecule has 3 N–H and O–H groups in total. The monoisotopic (exact) mass is 330 g/mol. The molecule has 0 heterocycles. The Morgan fingerprint density at radius 2 is 1.79 bits per heavy atom. The lowest BCUT2D eigenvalue weighted by Crippen LogP contribution is -2.36. The molecule has 2 aromatic rings. The number of rotatable bonds is 6. The topological polar surface area (TPSA) is 64.3 Å². The Balaban J connectivity index is 2.04. The number of nitrogens with two attached hydrogens (primary N) is 1. The second-order valence-corrected chi connectivity index (χ2v) is 5.85. The van der Waals surface area contributed by atoms with Gasteiger partial charge in [-0.05, 0) is 30.2 Å². The van der Waals surface area contributed by atoms with Crippen LogP contribution in [0.4, 0.5) is 4.39 Å². The highest BCUT2D eigenvalue weighted by Gasteiger charge is 2.23. The molecular formula is C19H23FN2O2. The molecule has 0 spiro atoms. The lowest BCUT2D eigenvalue weighted by Gasteiger charge is -2.22. The van der Waals surface area contributed by atoms with Gasteiger partial charge in [0.05, 0.1) is 19.1 Å². The first-order chi connectivity index (χ1) is 11.4. The van der Waals surface area contributed by atoms with Gasteiger partial charge in [0.2, 0.25) is 5.91 Å². The molecule has 3 atom stereocenters. The number of hydrogen-bond donors (Lipinski definition) is 2. The van der Waals surface area contributed by atoms with Crippen LogP contribution in [0.5, 0.6) is 5.75 Å². The predicted molar refractivity (Wildman–Crippen MR) is 92.0 cm³/mol. The van der Waals surface area contributed by atoms with Crippen LogP contribution in [-0.4, -0.2) is 13.0 Å². The highest BCUT2D eigenvalue weighted by molar-refractivity contribution is 5.79. The van der Waals surface area contributed by atoms with Crippen molar-refractivity contribution in [1.82, 2.24) is 5.32 Å². The molecule has 0 aromatic heterocycles. The fourth-order valence-electron chi connectivity index (χ4n) is 2.51. The SMILES string of the molecule is COc1ccc(C(C)NC(=O)C(C)C(N)c2ccccc2)cc1F. The van der Waals surface area contributed by atoms with Crippen LogP contribution in [0.2, 0.25) is 0 Å². The van der Waals surface area contributed by atoms with E-state index in [1.54, 1.807) is 26.0 Å². The van der Waals surface area contributed by atoms with Crippen molar-refractivity contribution in [2.75, 3.05) is 7.11 Å². The average Bonchev–Trinajstić information content (AvgIpc) is 2.60. The molecule has 0 aliphatic heterocycles. The van der Waals surface area contributed by atoms with E-state index in [9.17, 15) is 9.18 Å². The fraction of sp³-hybridized carbons (Fsp3) is 0.316. The lowest BCUT2D eigenvalue weighted by atomic mass is 9.94. The number of hydrogen-bond acceptors (Lipinski definition) is 3. The Kier molecular flexibility index (Phi) is 5.93. The number of nitrogens with one attached hydrogen (secondary N) is 1. The smallest absolute Gasteiger partial charge is 0.225 e. The molecule has 0 saturated heterocycles. The van der Waals surface area contributed by atoms with Crippen molar-refractivity contribution in [2.45, 2.75) is 25.9 Å². The summed E-state index contributed by atoms with van der Waals surface area (Å²) in [7, 11) is 1.41. The molecule has 0 fully saturated rings. The van der Waals surface area contributed by atoms with Gasteiger partial charge >= 0.3 is 0 Å². The molecule has 5 heteroatoms. The zero-order valence-electron chi connectivity index (χ0n) is 14.1. The minimum absolute atomic E-state index is 0.171. The molecule has 3 unspecified atom stereocenters. The molecule has 1 amide bonds. The number of carbonyl (C=O) groups excluding carboxylic acids is 1. The number of amides is 1. The van der Waals surface area contributed by atoms with Gasteiger partial charge in [0.1, 0.15) is 0 Å². The van der Waals surface area contributed by atoms with Gasteiger partial charge in [-0.1, -0.05) is 43.3 Å². The Hall–Kier alpha value is -2.40. The van der Waals surface area contributed by atoms with Gasteiger partial charge in [-0.15, -0.1) is 0 Å². The Morgan fingerprint density at radius 3 is 2.38 bits per heavy atom. The van der Waals surface area contributed by atoms with Gasteiger partial charge in [0.25, 0.3) is 0 Å². The first-order valence-electron chi connectivity index (χ1n) is 7.88. The van der Waals surface area contributed by atoms with Crippen LogP contribution in [-0.2, 0) is 4.79 Å². The van der Waals surface area contributed by atoms with Gasteiger partial charge in [-0.3, -0.25) is 4.79 Å². The van der Waals surface area contributed by atoms with E-state index in [0.717, 1.165) is 5.56 Å². The summed E-state index contributed by atoms with van der Waals surface area (Å²) in [6, 6.07) is 13.4. The molecule has 24 heavy (non-hydrogen) atoms. The Bertz CT molecular complexity index is 691. The van der Waals surface area contributed by atoms with Crippen LogP contribution in [0.1, 0.15) is 37.1 Å². The van der Waals surface area contributed by atoms with Gasteiger partial charge in [0.15, 0.2) is 11.6 Å². The van der Waals surface area contributed by atoms with Crippen LogP contribution < -0.4 is 15.8 Å². The summed E-state index contributed by atoms with van der Waals surface area (Å²) in [5.41, 5.74) is 7.75. The third kappa shape index (κ3) is 4.11. The van der Waals surface area contributed by atoms with Gasteiger partial charge < -0.3 is 15.8 Å². The zero-order chi connectivity index (χ0) is 17.7.